The smallest absolute Gasteiger partial charge is 0.251 e. The predicted molar refractivity (Wildman–Crippen MR) is 177 cm³/mol. The van der Waals surface area contributed by atoms with Gasteiger partial charge in [-0.2, -0.15) is 5.10 Å². The number of nitrogens with zero attached hydrogens (tertiary/aromatic N) is 4. The zero-order chi connectivity index (χ0) is 31.0. The van der Waals surface area contributed by atoms with Gasteiger partial charge in [-0.3, -0.25) is 19.2 Å². The van der Waals surface area contributed by atoms with Crippen LogP contribution < -0.4 is 10.6 Å². The van der Waals surface area contributed by atoms with E-state index in [2.05, 4.69) is 70.9 Å². The molecule has 0 aliphatic carbocycles. The number of aldehydes is 1. The molecule has 1 atom stereocenters. The Bertz CT molecular complexity index is 1400. The minimum atomic E-state index is -0.167. The van der Waals surface area contributed by atoms with Crippen molar-refractivity contribution >= 4 is 23.5 Å². The lowest BCUT2D eigenvalue weighted by molar-refractivity contribution is 0.0953. The summed E-state index contributed by atoms with van der Waals surface area (Å²) in [5, 5.41) is 13.8. The molecule has 0 radical (unpaired) electrons. The van der Waals surface area contributed by atoms with Crippen LogP contribution in [0.4, 0.5) is 0 Å². The topological polar surface area (TPSA) is 92.2 Å². The van der Waals surface area contributed by atoms with Gasteiger partial charge in [0.1, 0.15) is 11.3 Å². The lowest BCUT2D eigenvalue weighted by atomic mass is 10.0. The first-order valence-electron chi connectivity index (χ1n) is 15.0. The molecular formula is C34H46N6O2S. The highest BCUT2D eigenvalue weighted by Gasteiger charge is 2.24. The van der Waals surface area contributed by atoms with Crippen LogP contribution in [0.5, 0.6) is 0 Å². The number of aryl methyl sites for hydroxylation is 3. The molecule has 4 aromatic rings. The molecule has 3 heterocycles. The second-order valence-electron chi connectivity index (χ2n) is 10.8. The molecule has 2 aromatic heterocycles. The maximum Gasteiger partial charge on any atom is 0.251 e. The second kappa shape index (κ2) is 18.1. The number of thiazole rings is 1. The third kappa shape index (κ3) is 11.5. The molecule has 1 amide bonds. The second-order valence-corrected chi connectivity index (χ2v) is 11.7. The fraction of sp³-hybridized carbons (Fsp3) is 0.412. The van der Waals surface area contributed by atoms with Crippen LogP contribution in [0.25, 0.3) is 11.1 Å². The summed E-state index contributed by atoms with van der Waals surface area (Å²) in [5.41, 5.74) is 5.13. The quantitative estimate of drug-likeness (QED) is 0.165. The predicted octanol–water partition coefficient (Wildman–Crippen LogP) is 6.23. The van der Waals surface area contributed by atoms with Crippen LogP contribution in [-0.2, 0) is 7.05 Å². The van der Waals surface area contributed by atoms with Gasteiger partial charge in [-0.05, 0) is 90.0 Å². The van der Waals surface area contributed by atoms with Gasteiger partial charge in [-0.15, -0.1) is 11.3 Å². The van der Waals surface area contributed by atoms with E-state index in [-0.39, 0.29) is 5.91 Å². The number of hydrogen-bond donors (Lipinski definition) is 2. The van der Waals surface area contributed by atoms with Gasteiger partial charge in [0.15, 0.2) is 0 Å². The SMILES string of the molecule is CCCNCCCNC(=O)c1cc(C=O)cc(-c2cnn(C)c2)c1.Cc1ccccc1.Cc1csc(C2CCCN2C)n1. The molecule has 1 saturated heterocycles. The zero-order valence-electron chi connectivity index (χ0n) is 26.2. The molecular weight excluding hydrogens is 556 g/mol. The minimum absolute atomic E-state index is 0.167. The lowest BCUT2D eigenvalue weighted by Gasteiger charge is -2.16. The Morgan fingerprint density at radius 3 is 2.42 bits per heavy atom. The van der Waals surface area contributed by atoms with E-state index in [1.807, 2.05) is 31.4 Å². The van der Waals surface area contributed by atoms with Gasteiger partial charge in [-0.1, -0.05) is 42.8 Å². The van der Waals surface area contributed by atoms with E-state index in [9.17, 15) is 9.59 Å². The normalized spacial score (nSPS) is 14.3. The summed E-state index contributed by atoms with van der Waals surface area (Å²) in [7, 11) is 4.02. The van der Waals surface area contributed by atoms with E-state index in [4.69, 9.17) is 0 Å². The fourth-order valence-electron chi connectivity index (χ4n) is 4.69. The minimum Gasteiger partial charge on any atom is -0.352 e. The molecule has 2 N–H and O–H groups in total. The van der Waals surface area contributed by atoms with E-state index in [1.54, 1.807) is 40.4 Å². The number of rotatable bonds is 10. The maximum atomic E-state index is 12.3. The number of likely N-dealkylation sites (tertiary alicyclic amines) is 1. The van der Waals surface area contributed by atoms with E-state index >= 15 is 0 Å². The first kappa shape index (κ1) is 33.8. The number of carbonyl (C=O) groups is 2. The van der Waals surface area contributed by atoms with Crippen molar-refractivity contribution in [3.8, 4) is 11.1 Å². The van der Waals surface area contributed by atoms with Crippen LogP contribution in [0.1, 0.15) is 75.6 Å². The summed E-state index contributed by atoms with van der Waals surface area (Å²) in [6, 6.07) is 16.0. The Kier molecular flexibility index (Phi) is 14.2. The molecule has 5 rings (SSSR count). The number of aromatic nitrogens is 3. The molecule has 230 valence electrons. The van der Waals surface area contributed by atoms with Gasteiger partial charge in [-0.25, -0.2) is 4.98 Å². The first-order chi connectivity index (χ1) is 20.8. The lowest BCUT2D eigenvalue weighted by Crippen LogP contribution is -2.27. The van der Waals surface area contributed by atoms with E-state index in [1.165, 1.54) is 30.0 Å². The summed E-state index contributed by atoms with van der Waals surface area (Å²) < 4.78 is 1.69. The van der Waals surface area contributed by atoms with Gasteiger partial charge >= 0.3 is 0 Å². The molecule has 1 fully saturated rings. The van der Waals surface area contributed by atoms with Crippen molar-refractivity contribution in [2.75, 3.05) is 33.2 Å². The van der Waals surface area contributed by atoms with Gasteiger partial charge in [0.2, 0.25) is 0 Å². The van der Waals surface area contributed by atoms with Crippen molar-refractivity contribution in [1.29, 1.82) is 0 Å². The standard InChI is InChI=1S/C18H24N4O2.C9H14N2S.C7H8/c1-3-5-19-6-4-7-20-18(24)16-9-14(13-23)8-15(10-16)17-11-21-22(2)12-17;1-7-6-12-9(10-7)8-4-3-5-11(8)2;1-7-5-3-2-4-6-7/h8-13,19H,3-7H2,1-2H3,(H,20,24);6,8H,3-5H2,1-2H3;2-6H,1H3. The highest BCUT2D eigenvalue weighted by atomic mass is 32.1. The Morgan fingerprint density at radius 1 is 1.07 bits per heavy atom. The van der Waals surface area contributed by atoms with Crippen molar-refractivity contribution in [2.45, 2.75) is 52.5 Å². The first-order valence-corrected chi connectivity index (χ1v) is 15.9. The van der Waals surface area contributed by atoms with Crippen LogP contribution in [0.2, 0.25) is 0 Å². The van der Waals surface area contributed by atoms with E-state index < -0.39 is 0 Å². The summed E-state index contributed by atoms with van der Waals surface area (Å²) in [6.07, 6.45) is 8.89. The molecule has 0 spiro atoms. The van der Waals surface area contributed by atoms with Crippen molar-refractivity contribution in [2.24, 2.45) is 7.05 Å². The average Bonchev–Trinajstić information content (AvgIpc) is 3.76. The highest BCUT2D eigenvalue weighted by Crippen LogP contribution is 2.31. The number of benzene rings is 2. The fourth-order valence-corrected chi connectivity index (χ4v) is 5.68. The Labute approximate surface area is 260 Å². The molecule has 1 aliphatic heterocycles. The van der Waals surface area contributed by atoms with Crippen molar-refractivity contribution in [1.82, 2.24) is 30.3 Å². The third-order valence-electron chi connectivity index (χ3n) is 7.02. The number of amides is 1. The van der Waals surface area contributed by atoms with Gasteiger partial charge in [0.05, 0.1) is 12.2 Å². The number of carbonyl (C=O) groups excluding carboxylic acids is 2. The van der Waals surface area contributed by atoms with Gasteiger partial charge < -0.3 is 10.6 Å². The van der Waals surface area contributed by atoms with Crippen molar-refractivity contribution in [3.63, 3.8) is 0 Å². The van der Waals surface area contributed by atoms with Crippen molar-refractivity contribution in [3.05, 3.63) is 93.7 Å². The van der Waals surface area contributed by atoms with Crippen LogP contribution in [0.15, 0.2) is 66.3 Å². The molecule has 0 bridgehead atoms. The third-order valence-corrected chi connectivity index (χ3v) is 8.08. The highest BCUT2D eigenvalue weighted by molar-refractivity contribution is 7.09. The molecule has 1 unspecified atom stereocenters. The number of hydrogen-bond acceptors (Lipinski definition) is 7. The Hall–Kier alpha value is -3.66. The maximum absolute atomic E-state index is 12.3. The van der Waals surface area contributed by atoms with Crippen LogP contribution >= 0.6 is 11.3 Å². The Morgan fingerprint density at radius 2 is 1.86 bits per heavy atom. The summed E-state index contributed by atoms with van der Waals surface area (Å²) in [5.74, 6) is -0.167. The Balaban J connectivity index is 0.000000217. The van der Waals surface area contributed by atoms with Crippen molar-refractivity contribution < 1.29 is 9.59 Å². The summed E-state index contributed by atoms with van der Waals surface area (Å²) >= 11 is 1.80. The molecule has 1 aliphatic rings. The van der Waals surface area contributed by atoms with E-state index in [0.29, 0.717) is 23.7 Å². The van der Waals surface area contributed by atoms with Gasteiger partial charge in [0, 0.05) is 47.6 Å². The molecule has 9 heteroatoms. The monoisotopic (exact) mass is 602 g/mol. The molecule has 0 saturated carbocycles. The molecule has 43 heavy (non-hydrogen) atoms. The van der Waals surface area contributed by atoms with Crippen LogP contribution in [0, 0.1) is 13.8 Å². The largest absolute Gasteiger partial charge is 0.352 e. The summed E-state index contributed by atoms with van der Waals surface area (Å²) in [4.78, 5) is 30.4. The summed E-state index contributed by atoms with van der Waals surface area (Å²) in [6.45, 7) is 9.96. The molecule has 8 nitrogen and oxygen atoms in total. The average molecular weight is 603 g/mol. The molecule has 2 aromatic carbocycles. The number of nitrogens with one attached hydrogen (secondary N) is 2. The van der Waals surface area contributed by atoms with Gasteiger partial charge in [0.25, 0.3) is 5.91 Å². The zero-order valence-corrected chi connectivity index (χ0v) is 27.0. The van der Waals surface area contributed by atoms with Crippen LogP contribution in [0.3, 0.4) is 0 Å². The van der Waals surface area contributed by atoms with Crippen LogP contribution in [-0.4, -0.2) is 65.1 Å². The van der Waals surface area contributed by atoms with E-state index in [0.717, 1.165) is 49.0 Å².